The minimum Gasteiger partial charge on any atom is -0.480 e. The molecule has 1 aliphatic heterocycles. The van der Waals surface area contributed by atoms with E-state index in [1.54, 1.807) is 6.08 Å². The van der Waals surface area contributed by atoms with Gasteiger partial charge in [0.25, 0.3) is 0 Å². The molecule has 5 heteroatoms. The number of nitrogens with one attached hydrogen (secondary N) is 1. The Labute approximate surface area is 108 Å². The molecular weight excluding hydrogens is 232 g/mol. The Bertz CT molecular complexity index is 317. The zero-order chi connectivity index (χ0) is 13.5. The van der Waals surface area contributed by atoms with Crippen LogP contribution in [0.2, 0.25) is 0 Å². The Morgan fingerprint density at radius 1 is 1.56 bits per heavy atom. The molecule has 1 aliphatic rings. The van der Waals surface area contributed by atoms with E-state index in [4.69, 9.17) is 0 Å². The van der Waals surface area contributed by atoms with Crippen LogP contribution in [-0.2, 0) is 4.79 Å². The normalized spacial score (nSPS) is 23.5. The molecule has 0 aromatic carbocycles. The second-order valence-corrected chi connectivity index (χ2v) is 4.66. The maximum absolute atomic E-state index is 11.9. The van der Waals surface area contributed by atoms with E-state index in [0.717, 1.165) is 12.8 Å². The van der Waals surface area contributed by atoms with Crippen LogP contribution in [0.4, 0.5) is 4.79 Å². The van der Waals surface area contributed by atoms with Crippen LogP contribution in [-0.4, -0.2) is 41.1 Å². The third-order valence-electron chi connectivity index (χ3n) is 3.46. The predicted molar refractivity (Wildman–Crippen MR) is 69.4 cm³/mol. The van der Waals surface area contributed by atoms with Crippen molar-refractivity contribution in [1.29, 1.82) is 0 Å². The van der Waals surface area contributed by atoms with Crippen LogP contribution in [0.5, 0.6) is 0 Å². The predicted octanol–water partition coefficient (Wildman–Crippen LogP) is 1.85. The summed E-state index contributed by atoms with van der Waals surface area (Å²) < 4.78 is 0. The molecule has 0 spiro atoms. The van der Waals surface area contributed by atoms with Crippen molar-refractivity contribution in [2.24, 2.45) is 5.92 Å². The fourth-order valence-electron chi connectivity index (χ4n) is 2.27. The van der Waals surface area contributed by atoms with Crippen LogP contribution in [0.25, 0.3) is 0 Å². The summed E-state index contributed by atoms with van der Waals surface area (Å²) in [7, 11) is 0. The minimum absolute atomic E-state index is 0.279. The van der Waals surface area contributed by atoms with Crippen molar-refractivity contribution < 1.29 is 14.7 Å². The van der Waals surface area contributed by atoms with Crippen molar-refractivity contribution in [3.05, 3.63) is 12.7 Å². The molecule has 5 nitrogen and oxygen atoms in total. The molecule has 0 aromatic rings. The highest BCUT2D eigenvalue weighted by Crippen LogP contribution is 2.25. The zero-order valence-electron chi connectivity index (χ0n) is 10.9. The van der Waals surface area contributed by atoms with Crippen molar-refractivity contribution >= 4 is 12.0 Å². The third kappa shape index (κ3) is 3.75. The largest absolute Gasteiger partial charge is 0.480 e. The summed E-state index contributed by atoms with van der Waals surface area (Å²) in [5, 5.41) is 11.9. The number of carboxylic acids is 1. The fraction of sp³-hybridized carbons (Fsp3) is 0.692. The van der Waals surface area contributed by atoms with Crippen molar-refractivity contribution in [2.45, 2.75) is 38.6 Å². The molecule has 1 saturated heterocycles. The number of amides is 2. The van der Waals surface area contributed by atoms with E-state index in [2.05, 4.69) is 18.8 Å². The molecule has 2 amide bonds. The van der Waals surface area contributed by atoms with Gasteiger partial charge in [-0.05, 0) is 25.2 Å². The molecule has 0 radical (unpaired) electrons. The van der Waals surface area contributed by atoms with E-state index in [9.17, 15) is 14.7 Å². The van der Waals surface area contributed by atoms with Gasteiger partial charge in [0.2, 0.25) is 0 Å². The van der Waals surface area contributed by atoms with E-state index < -0.39 is 12.0 Å². The molecule has 2 N–H and O–H groups in total. The summed E-state index contributed by atoms with van der Waals surface area (Å²) in [5.74, 6) is -0.504. The summed E-state index contributed by atoms with van der Waals surface area (Å²) >= 11 is 0. The zero-order valence-corrected chi connectivity index (χ0v) is 10.9. The first-order chi connectivity index (χ1) is 8.60. The Balaban J connectivity index is 2.59. The van der Waals surface area contributed by atoms with Crippen LogP contribution < -0.4 is 5.32 Å². The molecule has 1 rings (SSSR count). The van der Waals surface area contributed by atoms with Crippen molar-refractivity contribution in [1.82, 2.24) is 10.2 Å². The molecule has 0 aromatic heterocycles. The van der Waals surface area contributed by atoms with Crippen LogP contribution in [0.3, 0.4) is 0 Å². The van der Waals surface area contributed by atoms with E-state index in [-0.39, 0.29) is 6.03 Å². The molecule has 0 aliphatic carbocycles. The molecular formula is C13H22N2O3. The first-order valence-electron chi connectivity index (χ1n) is 6.48. The van der Waals surface area contributed by atoms with Crippen LogP contribution in [0, 0.1) is 5.92 Å². The molecule has 18 heavy (non-hydrogen) atoms. The number of hydrogen-bond acceptors (Lipinski definition) is 2. The molecule has 1 fully saturated rings. The van der Waals surface area contributed by atoms with Gasteiger partial charge in [-0.15, -0.1) is 6.58 Å². The third-order valence-corrected chi connectivity index (χ3v) is 3.46. The van der Waals surface area contributed by atoms with Gasteiger partial charge in [-0.1, -0.05) is 19.4 Å². The lowest BCUT2D eigenvalue weighted by molar-refractivity contribution is -0.144. The van der Waals surface area contributed by atoms with Crippen molar-refractivity contribution in [2.75, 3.05) is 13.1 Å². The summed E-state index contributed by atoms with van der Waals surface area (Å²) in [5.41, 5.74) is 0. The number of likely N-dealkylation sites (tertiary alicyclic amines) is 1. The molecule has 2 atom stereocenters. The monoisotopic (exact) mass is 254 g/mol. The summed E-state index contributed by atoms with van der Waals surface area (Å²) in [6.07, 6.45) is 4.82. The maximum Gasteiger partial charge on any atom is 0.326 e. The number of nitrogens with zero attached hydrogens (tertiary/aromatic N) is 1. The number of aliphatic carboxylic acids is 1. The first kappa shape index (κ1) is 14.5. The van der Waals surface area contributed by atoms with Crippen LogP contribution in [0.15, 0.2) is 12.7 Å². The van der Waals surface area contributed by atoms with Crippen LogP contribution >= 0.6 is 0 Å². The van der Waals surface area contributed by atoms with E-state index in [1.807, 2.05) is 0 Å². The lowest BCUT2D eigenvalue weighted by atomic mass is 9.89. The lowest BCUT2D eigenvalue weighted by Crippen LogP contribution is -2.53. The second-order valence-electron chi connectivity index (χ2n) is 4.66. The quantitative estimate of drug-likeness (QED) is 0.581. The summed E-state index contributed by atoms with van der Waals surface area (Å²) in [4.78, 5) is 24.6. The molecule has 0 bridgehead atoms. The van der Waals surface area contributed by atoms with E-state index >= 15 is 0 Å². The number of hydrogen-bond donors (Lipinski definition) is 2. The standard InChI is InChI=1S/C13H22N2O3/c1-3-5-7-14-13(18)15-8-6-10(4-2)9-11(15)12(16)17/h3,10-11H,1,4-9H2,2H3,(H,14,18)(H,16,17). The number of carbonyl (C=O) groups excluding carboxylic acids is 1. The Morgan fingerprint density at radius 2 is 2.28 bits per heavy atom. The number of piperidine rings is 1. The Kier molecular flexibility index (Phi) is 5.68. The highest BCUT2D eigenvalue weighted by molar-refractivity contribution is 5.82. The topological polar surface area (TPSA) is 69.6 Å². The van der Waals surface area contributed by atoms with Crippen molar-refractivity contribution in [3.63, 3.8) is 0 Å². The van der Waals surface area contributed by atoms with E-state index in [1.165, 1.54) is 4.90 Å². The van der Waals surface area contributed by atoms with Crippen molar-refractivity contribution in [3.8, 4) is 0 Å². The van der Waals surface area contributed by atoms with E-state index in [0.29, 0.717) is 31.8 Å². The van der Waals surface area contributed by atoms with Gasteiger partial charge in [0.05, 0.1) is 0 Å². The molecule has 0 saturated carbocycles. The summed E-state index contributed by atoms with van der Waals surface area (Å²) in [6.45, 7) is 6.66. The highest BCUT2D eigenvalue weighted by atomic mass is 16.4. The number of carboxylic acid groups (broad SMARTS) is 1. The fourth-order valence-corrected chi connectivity index (χ4v) is 2.27. The Morgan fingerprint density at radius 3 is 2.83 bits per heavy atom. The minimum atomic E-state index is -0.910. The first-order valence-corrected chi connectivity index (χ1v) is 6.48. The Hall–Kier alpha value is -1.52. The molecule has 102 valence electrons. The maximum atomic E-state index is 11.9. The summed E-state index contributed by atoms with van der Waals surface area (Å²) in [6, 6.07) is -0.966. The van der Waals surface area contributed by atoms with Gasteiger partial charge in [0.1, 0.15) is 6.04 Å². The van der Waals surface area contributed by atoms with Crippen LogP contribution in [0.1, 0.15) is 32.6 Å². The average molecular weight is 254 g/mol. The van der Waals surface area contributed by atoms with Gasteiger partial charge in [-0.3, -0.25) is 0 Å². The number of carbonyl (C=O) groups is 2. The average Bonchev–Trinajstić information content (AvgIpc) is 2.38. The molecule has 1 heterocycles. The van der Waals surface area contributed by atoms with Gasteiger partial charge in [0, 0.05) is 13.1 Å². The highest BCUT2D eigenvalue weighted by Gasteiger charge is 2.35. The smallest absolute Gasteiger partial charge is 0.326 e. The second kappa shape index (κ2) is 7.03. The van der Waals surface area contributed by atoms with Gasteiger partial charge in [-0.2, -0.15) is 0 Å². The van der Waals surface area contributed by atoms with Gasteiger partial charge in [0.15, 0.2) is 0 Å². The number of rotatable bonds is 5. The van der Waals surface area contributed by atoms with Gasteiger partial charge >= 0.3 is 12.0 Å². The number of urea groups is 1. The van der Waals surface area contributed by atoms with Gasteiger partial charge < -0.3 is 15.3 Å². The SMILES string of the molecule is C=CCCNC(=O)N1CCC(CC)CC1C(=O)O. The van der Waals surface area contributed by atoms with Gasteiger partial charge in [-0.25, -0.2) is 9.59 Å². The molecule has 2 unspecified atom stereocenters. The lowest BCUT2D eigenvalue weighted by Gasteiger charge is -2.36.